The largest absolute Gasteiger partial charge is 0.487 e. The fraction of sp³-hybridized carbons (Fsp3) is 0.0625. The zero-order chi connectivity index (χ0) is 16.2. The number of halogens is 1. The molecule has 3 rings (SSSR count). The summed E-state index contributed by atoms with van der Waals surface area (Å²) in [7, 11) is 0. The number of non-ortho nitro benzene ring substituents is 1. The zero-order valence-corrected chi connectivity index (χ0v) is 11.8. The zero-order valence-electron chi connectivity index (χ0n) is 11.8. The molecule has 1 heterocycles. The van der Waals surface area contributed by atoms with E-state index in [9.17, 15) is 14.5 Å². The van der Waals surface area contributed by atoms with E-state index in [4.69, 9.17) is 9.15 Å². The predicted molar refractivity (Wildman–Crippen MR) is 79.3 cm³/mol. The second-order valence-electron chi connectivity index (χ2n) is 4.69. The topological polar surface area (TPSA) is 78.4 Å². The van der Waals surface area contributed by atoms with Crippen molar-refractivity contribution in [2.75, 3.05) is 0 Å². The van der Waals surface area contributed by atoms with E-state index in [0.717, 1.165) is 0 Å². The molecule has 0 N–H and O–H groups in total. The van der Waals surface area contributed by atoms with Gasteiger partial charge in [0.05, 0.1) is 4.92 Å². The number of hydrogen-bond acceptors (Lipinski definition) is 5. The van der Waals surface area contributed by atoms with Crippen LogP contribution < -0.4 is 4.74 Å². The predicted octanol–water partition coefficient (Wildman–Crippen LogP) is 3.97. The lowest BCUT2D eigenvalue weighted by molar-refractivity contribution is -0.384. The maximum absolute atomic E-state index is 13.2. The van der Waals surface area contributed by atoms with E-state index in [1.165, 1.54) is 42.7 Å². The average molecular weight is 314 g/mol. The van der Waals surface area contributed by atoms with Crippen molar-refractivity contribution in [1.82, 2.24) is 4.98 Å². The Morgan fingerprint density at radius 1 is 1.22 bits per heavy atom. The SMILES string of the molecule is O=[N+]([O-])c1ccc(OCc2coc(-c3cccc(F)c3)n2)cc1. The third-order valence-electron chi connectivity index (χ3n) is 3.06. The lowest BCUT2D eigenvalue weighted by Gasteiger charge is -2.02. The molecular weight excluding hydrogens is 303 g/mol. The van der Waals surface area contributed by atoms with Crippen LogP contribution in [0.3, 0.4) is 0 Å². The van der Waals surface area contributed by atoms with Crippen molar-refractivity contribution in [2.24, 2.45) is 0 Å². The molecule has 0 saturated heterocycles. The second kappa shape index (κ2) is 6.27. The Morgan fingerprint density at radius 3 is 2.70 bits per heavy atom. The summed E-state index contributed by atoms with van der Waals surface area (Å²) in [5.41, 5.74) is 1.06. The number of hydrogen-bond donors (Lipinski definition) is 0. The van der Waals surface area contributed by atoms with Gasteiger partial charge in [0.1, 0.15) is 30.1 Å². The molecule has 2 aromatic carbocycles. The molecule has 7 heteroatoms. The molecule has 23 heavy (non-hydrogen) atoms. The van der Waals surface area contributed by atoms with Crippen LogP contribution in [0.1, 0.15) is 5.69 Å². The summed E-state index contributed by atoms with van der Waals surface area (Å²) in [4.78, 5) is 14.3. The standard InChI is InChI=1S/C16H11FN2O4/c17-12-3-1-2-11(8-12)16-18-13(10-23-16)9-22-15-6-4-14(5-7-15)19(20)21/h1-8,10H,9H2. The highest BCUT2D eigenvalue weighted by Gasteiger charge is 2.09. The Morgan fingerprint density at radius 2 is 2.00 bits per heavy atom. The lowest BCUT2D eigenvalue weighted by atomic mass is 10.2. The minimum Gasteiger partial charge on any atom is -0.487 e. The summed E-state index contributed by atoms with van der Waals surface area (Å²) in [5.74, 6) is 0.405. The molecule has 0 fully saturated rings. The number of nitrogens with zero attached hydrogens (tertiary/aromatic N) is 2. The minimum atomic E-state index is -0.479. The fourth-order valence-corrected chi connectivity index (χ4v) is 1.95. The second-order valence-corrected chi connectivity index (χ2v) is 4.69. The number of rotatable bonds is 5. The quantitative estimate of drug-likeness (QED) is 0.526. The van der Waals surface area contributed by atoms with Crippen molar-refractivity contribution < 1.29 is 18.5 Å². The first-order valence-corrected chi connectivity index (χ1v) is 6.69. The summed E-state index contributed by atoms with van der Waals surface area (Å²) < 4.78 is 24.0. The van der Waals surface area contributed by atoms with Gasteiger partial charge in [0, 0.05) is 17.7 Å². The first-order chi connectivity index (χ1) is 11.1. The molecule has 0 amide bonds. The van der Waals surface area contributed by atoms with E-state index in [2.05, 4.69) is 4.98 Å². The number of nitro benzene ring substituents is 1. The summed E-state index contributed by atoms with van der Waals surface area (Å²) >= 11 is 0. The molecule has 116 valence electrons. The molecule has 3 aromatic rings. The molecule has 1 aromatic heterocycles. The number of ether oxygens (including phenoxy) is 1. The Labute approximate surface area is 130 Å². The van der Waals surface area contributed by atoms with E-state index in [0.29, 0.717) is 22.9 Å². The van der Waals surface area contributed by atoms with Gasteiger partial charge in [-0.05, 0) is 30.3 Å². The first-order valence-electron chi connectivity index (χ1n) is 6.69. The molecule has 0 aliphatic heterocycles. The Balaban J connectivity index is 1.66. The lowest BCUT2D eigenvalue weighted by Crippen LogP contribution is -1.96. The van der Waals surface area contributed by atoms with Crippen LogP contribution in [-0.2, 0) is 6.61 Å². The average Bonchev–Trinajstić information content (AvgIpc) is 3.02. The summed E-state index contributed by atoms with van der Waals surface area (Å²) in [6.07, 6.45) is 1.42. The molecule has 0 atom stereocenters. The smallest absolute Gasteiger partial charge is 0.269 e. The highest BCUT2D eigenvalue weighted by Crippen LogP contribution is 2.21. The highest BCUT2D eigenvalue weighted by molar-refractivity contribution is 5.52. The number of oxazole rings is 1. The Bertz CT molecular complexity index is 830. The third-order valence-corrected chi connectivity index (χ3v) is 3.06. The van der Waals surface area contributed by atoms with E-state index in [-0.39, 0.29) is 18.1 Å². The molecule has 0 radical (unpaired) electrons. The van der Waals surface area contributed by atoms with Gasteiger partial charge < -0.3 is 9.15 Å². The van der Waals surface area contributed by atoms with Gasteiger partial charge >= 0.3 is 0 Å². The molecule has 0 aliphatic rings. The van der Waals surface area contributed by atoms with Crippen molar-refractivity contribution in [3.05, 3.63) is 76.4 Å². The first kappa shape index (κ1) is 14.7. The van der Waals surface area contributed by atoms with Crippen LogP contribution in [0, 0.1) is 15.9 Å². The van der Waals surface area contributed by atoms with E-state index in [1.54, 1.807) is 12.1 Å². The molecular formula is C16H11FN2O4. The molecule has 0 saturated carbocycles. The van der Waals surface area contributed by atoms with E-state index < -0.39 is 4.92 Å². The Hall–Kier alpha value is -3.22. The minimum absolute atomic E-state index is 0.00724. The van der Waals surface area contributed by atoms with E-state index in [1.807, 2.05) is 0 Å². The molecule has 0 bridgehead atoms. The van der Waals surface area contributed by atoms with Crippen molar-refractivity contribution in [3.63, 3.8) is 0 Å². The van der Waals surface area contributed by atoms with Crippen molar-refractivity contribution in [2.45, 2.75) is 6.61 Å². The van der Waals surface area contributed by atoms with Gasteiger partial charge in [0.15, 0.2) is 0 Å². The maximum Gasteiger partial charge on any atom is 0.269 e. The number of benzene rings is 2. The van der Waals surface area contributed by atoms with Crippen LogP contribution in [-0.4, -0.2) is 9.91 Å². The summed E-state index contributed by atoms with van der Waals surface area (Å²) in [6.45, 7) is 0.136. The van der Waals surface area contributed by atoms with Gasteiger partial charge in [-0.2, -0.15) is 0 Å². The molecule has 0 aliphatic carbocycles. The molecule has 6 nitrogen and oxygen atoms in total. The number of aromatic nitrogens is 1. The summed E-state index contributed by atoms with van der Waals surface area (Å²) in [6, 6.07) is 11.7. The van der Waals surface area contributed by atoms with Crippen LogP contribution in [0.25, 0.3) is 11.5 Å². The third kappa shape index (κ3) is 3.52. The highest BCUT2D eigenvalue weighted by atomic mass is 19.1. The summed E-state index contributed by atoms with van der Waals surface area (Å²) in [5, 5.41) is 10.6. The normalized spacial score (nSPS) is 10.5. The van der Waals surface area contributed by atoms with Gasteiger partial charge in [-0.15, -0.1) is 0 Å². The van der Waals surface area contributed by atoms with Crippen LogP contribution in [0.5, 0.6) is 5.75 Å². The van der Waals surface area contributed by atoms with Gasteiger partial charge in [-0.3, -0.25) is 10.1 Å². The van der Waals surface area contributed by atoms with E-state index >= 15 is 0 Å². The molecule has 0 spiro atoms. The van der Waals surface area contributed by atoms with Crippen LogP contribution in [0.2, 0.25) is 0 Å². The maximum atomic E-state index is 13.2. The monoisotopic (exact) mass is 314 g/mol. The van der Waals surface area contributed by atoms with Crippen molar-refractivity contribution in [1.29, 1.82) is 0 Å². The van der Waals surface area contributed by atoms with Crippen LogP contribution in [0.15, 0.2) is 59.2 Å². The van der Waals surface area contributed by atoms with Crippen molar-refractivity contribution >= 4 is 5.69 Å². The molecule has 0 unspecified atom stereocenters. The number of nitro groups is 1. The fourth-order valence-electron chi connectivity index (χ4n) is 1.95. The van der Waals surface area contributed by atoms with Gasteiger partial charge in [0.2, 0.25) is 5.89 Å². The van der Waals surface area contributed by atoms with Crippen LogP contribution >= 0.6 is 0 Å². The van der Waals surface area contributed by atoms with Crippen molar-refractivity contribution in [3.8, 4) is 17.2 Å². The Kier molecular flexibility index (Phi) is 4.01. The van der Waals surface area contributed by atoms with Gasteiger partial charge in [-0.1, -0.05) is 6.07 Å². The van der Waals surface area contributed by atoms with Gasteiger partial charge in [0.25, 0.3) is 5.69 Å². The van der Waals surface area contributed by atoms with Gasteiger partial charge in [-0.25, -0.2) is 9.37 Å². The van der Waals surface area contributed by atoms with Crippen LogP contribution in [0.4, 0.5) is 10.1 Å².